The Balaban J connectivity index is 1.83. The van der Waals surface area contributed by atoms with Gasteiger partial charge in [-0.2, -0.15) is 0 Å². The zero-order valence-corrected chi connectivity index (χ0v) is 26.7. The van der Waals surface area contributed by atoms with E-state index in [4.69, 9.17) is 11.6 Å². The van der Waals surface area contributed by atoms with E-state index >= 15 is 0 Å². The van der Waals surface area contributed by atoms with Crippen molar-refractivity contribution in [2.45, 2.75) is 52.8 Å². The number of amides is 2. The second-order valence-electron chi connectivity index (χ2n) is 10.3. The van der Waals surface area contributed by atoms with Crippen molar-refractivity contribution in [3.05, 3.63) is 103 Å². The topological polar surface area (TPSA) is 72.9 Å². The van der Waals surface area contributed by atoms with E-state index in [-0.39, 0.29) is 36.5 Å². The van der Waals surface area contributed by atoms with E-state index < -0.39 is 11.9 Å². The predicted molar refractivity (Wildman–Crippen MR) is 171 cm³/mol. The smallest absolute Gasteiger partial charge is 0.254 e. The van der Waals surface area contributed by atoms with Gasteiger partial charge < -0.3 is 20.2 Å². The Kier molecular flexibility index (Phi) is 13.0. The number of aliphatic hydroxyl groups is 1. The molecule has 0 aliphatic rings. The first kappa shape index (κ1) is 33.0. The highest BCUT2D eigenvalue weighted by Gasteiger charge is 2.23. The molecule has 0 saturated heterocycles. The van der Waals surface area contributed by atoms with E-state index in [9.17, 15) is 19.1 Å². The van der Waals surface area contributed by atoms with Gasteiger partial charge in [-0.25, -0.2) is 4.39 Å². The lowest BCUT2D eigenvalue weighted by molar-refractivity contribution is 0.0603. The van der Waals surface area contributed by atoms with Gasteiger partial charge in [-0.1, -0.05) is 37.6 Å². The molecule has 3 aromatic carbocycles. The second kappa shape index (κ2) is 16.2. The molecule has 0 unspecified atom stereocenters. The summed E-state index contributed by atoms with van der Waals surface area (Å²) >= 11 is 8.34. The lowest BCUT2D eigenvalue weighted by atomic mass is 10.0. The van der Waals surface area contributed by atoms with Crippen LogP contribution in [0.2, 0.25) is 5.02 Å². The summed E-state index contributed by atoms with van der Waals surface area (Å²) in [6.45, 7) is 8.03. The van der Waals surface area contributed by atoms with E-state index in [0.717, 1.165) is 27.5 Å². The lowest BCUT2D eigenvalue weighted by Crippen LogP contribution is -2.41. The number of nitrogens with zero attached hydrogens (tertiary/aromatic N) is 2. The van der Waals surface area contributed by atoms with Crippen molar-refractivity contribution in [1.29, 1.82) is 0 Å². The molecule has 3 rings (SSSR count). The Labute approximate surface area is 261 Å². The standard InChI is InChI=1S/C32H38ClFIN3O3/c1-4-9-37(10-5-2)31(40)25-11-22(3)12-26(16-25)32(41)38(20-24-13-27(33)17-28(34)14-24)21-30(39)19-36-18-23-7-6-8-29(35)15-23/h6-8,11-17,30,36,39H,4-5,9-10,18-21H2,1-3H3/t30-/m1/s1. The van der Waals surface area contributed by atoms with Crippen molar-refractivity contribution in [3.8, 4) is 0 Å². The number of aliphatic hydroxyl groups excluding tert-OH is 1. The lowest BCUT2D eigenvalue weighted by Gasteiger charge is -2.27. The number of nitrogens with one attached hydrogen (secondary N) is 1. The van der Waals surface area contributed by atoms with E-state index in [1.807, 2.05) is 39.0 Å². The fraction of sp³-hybridized carbons (Fsp3) is 0.375. The summed E-state index contributed by atoms with van der Waals surface area (Å²) in [7, 11) is 0. The molecule has 0 aliphatic carbocycles. The molecule has 2 amide bonds. The Hall–Kier alpha value is -2.53. The SMILES string of the molecule is CCCN(CCC)C(=O)c1cc(C)cc(C(=O)N(Cc2cc(F)cc(Cl)c2)C[C@H](O)CNCc2cccc(I)c2)c1. The van der Waals surface area contributed by atoms with Gasteiger partial charge in [0.25, 0.3) is 11.8 Å². The summed E-state index contributed by atoms with van der Waals surface area (Å²) < 4.78 is 15.2. The first-order valence-electron chi connectivity index (χ1n) is 13.9. The minimum absolute atomic E-state index is 0.00130. The van der Waals surface area contributed by atoms with Crippen LogP contribution in [-0.4, -0.2) is 59.0 Å². The summed E-state index contributed by atoms with van der Waals surface area (Å²) in [6, 6.07) is 17.3. The average molecular weight is 694 g/mol. The number of rotatable bonds is 14. The van der Waals surface area contributed by atoms with Gasteiger partial charge in [-0.3, -0.25) is 9.59 Å². The highest BCUT2D eigenvalue weighted by atomic mass is 127. The molecule has 0 radical (unpaired) electrons. The molecule has 0 fully saturated rings. The van der Waals surface area contributed by atoms with E-state index in [1.54, 1.807) is 29.2 Å². The highest BCUT2D eigenvalue weighted by Crippen LogP contribution is 2.20. The number of halogens is 3. The normalized spacial score (nSPS) is 11.8. The number of hydrogen-bond acceptors (Lipinski definition) is 4. The fourth-order valence-electron chi connectivity index (χ4n) is 4.74. The van der Waals surface area contributed by atoms with E-state index in [1.165, 1.54) is 17.0 Å². The van der Waals surface area contributed by atoms with Gasteiger partial charge in [0.2, 0.25) is 0 Å². The monoisotopic (exact) mass is 693 g/mol. The van der Waals surface area contributed by atoms with Crippen LogP contribution in [-0.2, 0) is 13.1 Å². The van der Waals surface area contributed by atoms with Crippen molar-refractivity contribution in [2.75, 3.05) is 26.2 Å². The van der Waals surface area contributed by atoms with Gasteiger partial charge in [0, 0.05) is 59.0 Å². The summed E-state index contributed by atoms with van der Waals surface area (Å²) in [5, 5.41) is 14.4. The highest BCUT2D eigenvalue weighted by molar-refractivity contribution is 14.1. The van der Waals surface area contributed by atoms with Crippen LogP contribution in [0.4, 0.5) is 4.39 Å². The van der Waals surface area contributed by atoms with Crippen LogP contribution in [0.1, 0.15) is 64.1 Å². The van der Waals surface area contributed by atoms with Crippen molar-refractivity contribution >= 4 is 46.0 Å². The average Bonchev–Trinajstić information content (AvgIpc) is 2.91. The molecule has 2 N–H and O–H groups in total. The molecule has 0 spiro atoms. The fourth-order valence-corrected chi connectivity index (χ4v) is 5.59. The molecule has 3 aromatic rings. The number of hydrogen-bond donors (Lipinski definition) is 2. The minimum Gasteiger partial charge on any atom is -0.390 e. The zero-order chi connectivity index (χ0) is 29.9. The van der Waals surface area contributed by atoms with Crippen LogP contribution >= 0.6 is 34.2 Å². The third kappa shape index (κ3) is 10.4. The zero-order valence-electron chi connectivity index (χ0n) is 23.8. The minimum atomic E-state index is -0.888. The van der Waals surface area contributed by atoms with Gasteiger partial charge in [0.15, 0.2) is 0 Å². The Bertz CT molecular complexity index is 1310. The number of carbonyl (C=O) groups is 2. The maximum absolute atomic E-state index is 14.1. The molecule has 1 atom stereocenters. The van der Waals surface area contributed by atoms with Gasteiger partial charge in [-0.15, -0.1) is 0 Å². The van der Waals surface area contributed by atoms with Crippen LogP contribution in [0, 0.1) is 16.3 Å². The Morgan fingerprint density at radius 3 is 2.22 bits per heavy atom. The molecule has 220 valence electrons. The van der Waals surface area contributed by atoms with E-state index in [0.29, 0.717) is 36.3 Å². The number of carbonyl (C=O) groups excluding carboxylic acids is 2. The summed E-state index contributed by atoms with van der Waals surface area (Å²) in [5.41, 5.74) is 3.15. The molecule has 41 heavy (non-hydrogen) atoms. The third-order valence-corrected chi connectivity index (χ3v) is 7.35. The summed E-state index contributed by atoms with van der Waals surface area (Å²) in [4.78, 5) is 30.5. The first-order chi connectivity index (χ1) is 19.6. The summed E-state index contributed by atoms with van der Waals surface area (Å²) in [5.74, 6) is -0.984. The quantitative estimate of drug-likeness (QED) is 0.191. The Morgan fingerprint density at radius 1 is 0.951 bits per heavy atom. The molecular weight excluding hydrogens is 656 g/mol. The maximum Gasteiger partial charge on any atom is 0.254 e. The van der Waals surface area contributed by atoms with Crippen LogP contribution in [0.3, 0.4) is 0 Å². The second-order valence-corrected chi connectivity index (χ2v) is 11.9. The molecule has 9 heteroatoms. The third-order valence-electron chi connectivity index (χ3n) is 6.46. The first-order valence-corrected chi connectivity index (χ1v) is 15.3. The summed E-state index contributed by atoms with van der Waals surface area (Å²) in [6.07, 6.45) is 0.784. The number of aryl methyl sites for hydroxylation is 1. The largest absolute Gasteiger partial charge is 0.390 e. The molecule has 0 aromatic heterocycles. The molecule has 0 saturated carbocycles. The number of benzene rings is 3. The molecular formula is C32H38ClFIN3O3. The predicted octanol–water partition coefficient (Wildman–Crippen LogP) is 6.45. The van der Waals surface area contributed by atoms with E-state index in [2.05, 4.69) is 34.0 Å². The van der Waals surface area contributed by atoms with Crippen LogP contribution in [0.25, 0.3) is 0 Å². The van der Waals surface area contributed by atoms with Gasteiger partial charge in [-0.05, 0) is 108 Å². The van der Waals surface area contributed by atoms with Crippen LogP contribution in [0.15, 0.2) is 60.7 Å². The van der Waals surface area contributed by atoms with Crippen molar-refractivity contribution < 1.29 is 19.1 Å². The van der Waals surface area contributed by atoms with Crippen LogP contribution < -0.4 is 5.32 Å². The van der Waals surface area contributed by atoms with Crippen LogP contribution in [0.5, 0.6) is 0 Å². The van der Waals surface area contributed by atoms with Gasteiger partial charge >= 0.3 is 0 Å². The molecule has 6 nitrogen and oxygen atoms in total. The molecule has 0 aliphatic heterocycles. The van der Waals surface area contributed by atoms with Crippen molar-refractivity contribution in [2.24, 2.45) is 0 Å². The van der Waals surface area contributed by atoms with Gasteiger partial charge in [0.05, 0.1) is 6.10 Å². The molecule has 0 heterocycles. The molecule has 0 bridgehead atoms. The Morgan fingerprint density at radius 2 is 1.61 bits per heavy atom. The van der Waals surface area contributed by atoms with Crippen molar-refractivity contribution in [3.63, 3.8) is 0 Å². The maximum atomic E-state index is 14.1. The van der Waals surface area contributed by atoms with Crippen molar-refractivity contribution in [1.82, 2.24) is 15.1 Å². The van der Waals surface area contributed by atoms with Gasteiger partial charge in [0.1, 0.15) is 5.82 Å².